The molecular weight excluding hydrogens is 327 g/mol. The number of rotatable bonds is 6. The van der Waals surface area contributed by atoms with Gasteiger partial charge < -0.3 is 9.94 Å². The summed E-state index contributed by atoms with van der Waals surface area (Å²) in [7, 11) is 0. The van der Waals surface area contributed by atoms with Crippen molar-refractivity contribution in [2.45, 2.75) is 11.5 Å². The molecule has 0 saturated heterocycles. The van der Waals surface area contributed by atoms with Gasteiger partial charge in [0.15, 0.2) is 0 Å². The van der Waals surface area contributed by atoms with E-state index in [2.05, 4.69) is 20.6 Å². The minimum absolute atomic E-state index is 0.00875. The number of hydrogen-bond acceptors (Lipinski definition) is 7. The number of aromatic amines is 1. The summed E-state index contributed by atoms with van der Waals surface area (Å²) < 4.78 is 19.3. The van der Waals surface area contributed by atoms with Gasteiger partial charge in [0, 0.05) is 16.5 Å². The highest BCUT2D eigenvalue weighted by molar-refractivity contribution is 7.99. The first-order chi connectivity index (χ1) is 11.2. The second kappa shape index (κ2) is 6.52. The van der Waals surface area contributed by atoms with Crippen molar-refractivity contribution < 1.29 is 14.3 Å². The molecule has 11 heteroatoms. The van der Waals surface area contributed by atoms with E-state index in [4.69, 9.17) is 9.94 Å². The van der Waals surface area contributed by atoms with Crippen molar-refractivity contribution in [2.75, 3.05) is 6.01 Å². The van der Waals surface area contributed by atoms with Crippen LogP contribution in [0.15, 0.2) is 40.2 Å². The van der Waals surface area contributed by atoms with Gasteiger partial charge in [0.05, 0.1) is 11.9 Å². The van der Waals surface area contributed by atoms with Crippen LogP contribution in [0.4, 0.5) is 4.39 Å². The SMILES string of the molecule is O=c1[nH]nnn1-c1cccc(SCF)c1COc1ccn(O)n1. The number of thioether (sulfide) groups is 1. The fourth-order valence-electron chi connectivity index (χ4n) is 1.97. The maximum atomic E-state index is 12.7. The first-order valence-electron chi connectivity index (χ1n) is 6.38. The summed E-state index contributed by atoms with van der Waals surface area (Å²) >= 11 is 0.964. The third kappa shape index (κ3) is 3.18. The summed E-state index contributed by atoms with van der Waals surface area (Å²) in [6, 6.07) is 5.88. The molecule has 9 nitrogen and oxygen atoms in total. The van der Waals surface area contributed by atoms with Gasteiger partial charge >= 0.3 is 5.69 Å². The normalized spacial score (nSPS) is 10.8. The maximum Gasteiger partial charge on any atom is 0.365 e. The van der Waals surface area contributed by atoms with Gasteiger partial charge in [-0.05, 0) is 22.6 Å². The quantitative estimate of drug-likeness (QED) is 0.509. The molecule has 0 unspecified atom stereocenters. The van der Waals surface area contributed by atoms with Crippen molar-refractivity contribution in [1.82, 2.24) is 30.2 Å². The van der Waals surface area contributed by atoms with Gasteiger partial charge in [-0.1, -0.05) is 22.9 Å². The standard InChI is InChI=1S/C12H11FN6O3S/c13-7-23-10-3-1-2-9(19-12(20)14-16-17-19)8(10)6-22-11-4-5-18(21)15-11/h1-5,21H,6-7H2,(H,14,17,20). The van der Waals surface area contributed by atoms with Crippen molar-refractivity contribution in [3.05, 3.63) is 46.5 Å². The summed E-state index contributed by atoms with van der Waals surface area (Å²) in [5.74, 6) is 0.186. The number of nitrogens with one attached hydrogen (secondary N) is 1. The molecule has 0 aliphatic heterocycles. The van der Waals surface area contributed by atoms with Crippen LogP contribution < -0.4 is 10.4 Å². The Morgan fingerprint density at radius 1 is 1.39 bits per heavy atom. The summed E-state index contributed by atoms with van der Waals surface area (Å²) in [5, 5.41) is 22.1. The second-order valence-electron chi connectivity index (χ2n) is 4.29. The zero-order valence-electron chi connectivity index (χ0n) is 11.6. The minimum atomic E-state index is -0.630. The Morgan fingerprint density at radius 3 is 2.91 bits per heavy atom. The number of halogens is 1. The van der Waals surface area contributed by atoms with Crippen LogP contribution in [0.2, 0.25) is 0 Å². The zero-order valence-corrected chi connectivity index (χ0v) is 12.4. The lowest BCUT2D eigenvalue weighted by Crippen LogP contribution is -2.18. The largest absolute Gasteiger partial charge is 0.472 e. The van der Waals surface area contributed by atoms with Gasteiger partial charge in [0.1, 0.15) is 12.6 Å². The molecule has 0 fully saturated rings. The molecule has 2 N–H and O–H groups in total. The van der Waals surface area contributed by atoms with Crippen LogP contribution in [0, 0.1) is 0 Å². The van der Waals surface area contributed by atoms with E-state index >= 15 is 0 Å². The van der Waals surface area contributed by atoms with E-state index in [1.54, 1.807) is 18.2 Å². The third-order valence-corrected chi connectivity index (χ3v) is 3.74. The Morgan fingerprint density at radius 2 is 2.26 bits per heavy atom. The Bertz CT molecular complexity index is 860. The fourth-order valence-corrected chi connectivity index (χ4v) is 2.60. The van der Waals surface area contributed by atoms with Crippen LogP contribution in [0.3, 0.4) is 0 Å². The lowest BCUT2D eigenvalue weighted by molar-refractivity contribution is 0.141. The molecule has 0 saturated carbocycles. The molecule has 0 aliphatic carbocycles. The van der Waals surface area contributed by atoms with E-state index in [1.807, 2.05) is 0 Å². The Balaban J connectivity index is 1.97. The average Bonchev–Trinajstić information content (AvgIpc) is 3.14. The molecule has 120 valence electrons. The van der Waals surface area contributed by atoms with Gasteiger partial charge in [-0.15, -0.1) is 4.85 Å². The summed E-state index contributed by atoms with van der Waals surface area (Å²) in [6.45, 7) is 0.00875. The number of hydrogen-bond donors (Lipinski definition) is 2. The van der Waals surface area contributed by atoms with Crippen LogP contribution >= 0.6 is 11.8 Å². The Hall–Kier alpha value is -2.82. The van der Waals surface area contributed by atoms with Crippen LogP contribution in [-0.4, -0.2) is 41.4 Å². The highest BCUT2D eigenvalue weighted by atomic mass is 32.2. The van der Waals surface area contributed by atoms with E-state index in [0.717, 1.165) is 16.4 Å². The first kappa shape index (κ1) is 15.1. The fraction of sp³-hybridized carbons (Fsp3) is 0.167. The zero-order chi connectivity index (χ0) is 16.2. The number of nitrogens with zero attached hydrogens (tertiary/aromatic N) is 5. The van der Waals surface area contributed by atoms with E-state index in [-0.39, 0.29) is 12.5 Å². The maximum absolute atomic E-state index is 12.7. The summed E-state index contributed by atoms with van der Waals surface area (Å²) in [6.07, 6.45) is 1.31. The number of aromatic nitrogens is 6. The number of tetrazole rings is 1. The van der Waals surface area contributed by atoms with Crippen molar-refractivity contribution in [1.29, 1.82) is 0 Å². The third-order valence-electron chi connectivity index (χ3n) is 2.93. The van der Waals surface area contributed by atoms with E-state index < -0.39 is 11.7 Å². The predicted molar refractivity (Wildman–Crippen MR) is 77.6 cm³/mol. The molecular formula is C12H11FN6O3S. The second-order valence-corrected chi connectivity index (χ2v) is 5.24. The minimum Gasteiger partial charge on any atom is -0.472 e. The molecule has 0 bridgehead atoms. The Kier molecular flexibility index (Phi) is 4.28. The molecule has 0 amide bonds. The first-order valence-corrected chi connectivity index (χ1v) is 7.36. The Labute approximate surface area is 132 Å². The number of ether oxygens (including phenoxy) is 1. The predicted octanol–water partition coefficient (Wildman–Crippen LogP) is 0.987. The van der Waals surface area contributed by atoms with Gasteiger partial charge in [-0.3, -0.25) is 0 Å². The molecule has 0 aliphatic rings. The van der Waals surface area contributed by atoms with Crippen molar-refractivity contribution in [3.63, 3.8) is 0 Å². The molecule has 0 radical (unpaired) electrons. The van der Waals surface area contributed by atoms with Crippen molar-refractivity contribution >= 4 is 11.8 Å². The molecule has 3 rings (SSSR count). The molecule has 23 heavy (non-hydrogen) atoms. The lowest BCUT2D eigenvalue weighted by atomic mass is 10.2. The van der Waals surface area contributed by atoms with Crippen LogP contribution in [0.25, 0.3) is 5.69 Å². The molecule has 0 atom stereocenters. The highest BCUT2D eigenvalue weighted by Gasteiger charge is 2.15. The summed E-state index contributed by atoms with van der Waals surface area (Å²) in [4.78, 5) is 12.9. The number of alkyl halides is 1. The highest BCUT2D eigenvalue weighted by Crippen LogP contribution is 2.28. The van der Waals surface area contributed by atoms with Crippen LogP contribution in [0.5, 0.6) is 5.88 Å². The molecule has 2 aromatic heterocycles. The van der Waals surface area contributed by atoms with Crippen LogP contribution in [0.1, 0.15) is 5.56 Å². The topological polar surface area (TPSA) is 111 Å². The molecule has 0 spiro atoms. The van der Waals surface area contributed by atoms with Gasteiger partial charge in [0.25, 0.3) is 0 Å². The molecule has 2 heterocycles. The average molecular weight is 338 g/mol. The number of benzene rings is 1. The van der Waals surface area contributed by atoms with Gasteiger partial charge in [0.2, 0.25) is 5.88 Å². The smallest absolute Gasteiger partial charge is 0.365 e. The van der Waals surface area contributed by atoms with E-state index in [0.29, 0.717) is 21.0 Å². The lowest BCUT2D eigenvalue weighted by Gasteiger charge is -2.12. The summed E-state index contributed by atoms with van der Waals surface area (Å²) in [5.41, 5.74) is 0.456. The monoisotopic (exact) mass is 338 g/mol. The van der Waals surface area contributed by atoms with Crippen molar-refractivity contribution in [3.8, 4) is 11.6 Å². The van der Waals surface area contributed by atoms with Gasteiger partial charge in [-0.25, -0.2) is 14.3 Å². The van der Waals surface area contributed by atoms with Crippen molar-refractivity contribution in [2.24, 2.45) is 0 Å². The van der Waals surface area contributed by atoms with E-state index in [9.17, 15) is 9.18 Å². The molecule has 1 aromatic carbocycles. The van der Waals surface area contributed by atoms with E-state index in [1.165, 1.54) is 12.3 Å². The molecule has 3 aromatic rings. The van der Waals surface area contributed by atoms with Gasteiger partial charge in [-0.2, -0.15) is 4.68 Å². The number of H-pyrrole nitrogens is 1. The van der Waals surface area contributed by atoms with Crippen LogP contribution in [-0.2, 0) is 6.61 Å².